The summed E-state index contributed by atoms with van der Waals surface area (Å²) in [7, 11) is 0. The van der Waals surface area contributed by atoms with Gasteiger partial charge in [-0.2, -0.15) is 13.2 Å². The maximum atomic E-state index is 12.9. The van der Waals surface area contributed by atoms with Gasteiger partial charge in [-0.3, -0.25) is 0 Å². The Morgan fingerprint density at radius 3 is 2.29 bits per heavy atom. The summed E-state index contributed by atoms with van der Waals surface area (Å²) in [6.07, 6.45) is -4.61. The monoisotopic (exact) mass is 539 g/mol. The zero-order chi connectivity index (χ0) is 28.0. The first-order chi connectivity index (χ1) is 18.1. The summed E-state index contributed by atoms with van der Waals surface area (Å²) in [6, 6.07) is 14.1. The van der Waals surface area contributed by atoms with Crippen LogP contribution in [0.4, 0.5) is 18.0 Å². The van der Waals surface area contributed by atoms with Crippen LogP contribution in [-0.4, -0.2) is 60.7 Å². The summed E-state index contributed by atoms with van der Waals surface area (Å²) in [4.78, 5) is 25.6. The Bertz CT molecular complexity index is 997. The molecule has 2 aromatic rings. The molecule has 1 N–H and O–H groups in total. The van der Waals surface area contributed by atoms with Gasteiger partial charge >= 0.3 is 18.2 Å². The Labute approximate surface area is 221 Å². The predicted molar refractivity (Wildman–Crippen MR) is 137 cm³/mol. The lowest BCUT2D eigenvalue weighted by atomic mass is 10.1. The maximum Gasteiger partial charge on any atom is 0.415 e. The van der Waals surface area contributed by atoms with Crippen molar-refractivity contribution in [1.29, 1.82) is 0 Å². The van der Waals surface area contributed by atoms with E-state index in [1.807, 2.05) is 19.1 Å². The zero-order valence-electron chi connectivity index (χ0n) is 21.8. The summed E-state index contributed by atoms with van der Waals surface area (Å²) in [6.45, 7) is 4.59. The van der Waals surface area contributed by atoms with Gasteiger partial charge in [0.25, 0.3) is 0 Å². The second kappa shape index (κ2) is 15.9. The number of benzene rings is 2. The van der Waals surface area contributed by atoms with E-state index in [0.717, 1.165) is 11.1 Å². The van der Waals surface area contributed by atoms with E-state index in [-0.39, 0.29) is 26.0 Å². The number of hydrogen-bond donors (Lipinski definition) is 1. The van der Waals surface area contributed by atoms with Crippen molar-refractivity contribution >= 4 is 12.1 Å². The molecule has 1 atom stereocenters. The largest absolute Gasteiger partial charge is 0.492 e. The SMILES string of the molecule is CCOC(Cc1ccc(OCCN(CCCCCCC(F)(F)F)C(=O)Oc2ccccc2C)cc1)C(=O)O. The lowest BCUT2D eigenvalue weighted by Crippen LogP contribution is -2.37. The first-order valence-corrected chi connectivity index (χ1v) is 12.7. The molecule has 0 spiro atoms. The highest BCUT2D eigenvalue weighted by Gasteiger charge is 2.26. The topological polar surface area (TPSA) is 85.3 Å². The van der Waals surface area contributed by atoms with Crippen LogP contribution in [0.3, 0.4) is 0 Å². The summed E-state index contributed by atoms with van der Waals surface area (Å²) in [5, 5.41) is 9.24. The highest BCUT2D eigenvalue weighted by atomic mass is 19.4. The molecular weight excluding hydrogens is 503 g/mol. The summed E-state index contributed by atoms with van der Waals surface area (Å²) < 4.78 is 53.6. The van der Waals surface area contributed by atoms with E-state index >= 15 is 0 Å². The van der Waals surface area contributed by atoms with Crippen molar-refractivity contribution < 1.29 is 42.1 Å². The van der Waals surface area contributed by atoms with Crippen molar-refractivity contribution in [2.24, 2.45) is 0 Å². The summed E-state index contributed by atoms with van der Waals surface area (Å²) in [5.41, 5.74) is 1.59. The minimum absolute atomic E-state index is 0.0635. The van der Waals surface area contributed by atoms with Crippen LogP contribution >= 0.6 is 0 Å². The predicted octanol–water partition coefficient (Wildman–Crippen LogP) is 6.42. The van der Waals surface area contributed by atoms with E-state index in [1.165, 1.54) is 4.90 Å². The smallest absolute Gasteiger partial charge is 0.415 e. The number of aliphatic carboxylic acids is 1. The lowest BCUT2D eigenvalue weighted by Gasteiger charge is -2.22. The molecule has 0 aliphatic heterocycles. The molecule has 0 aliphatic rings. The Morgan fingerprint density at radius 1 is 0.974 bits per heavy atom. The molecule has 38 heavy (non-hydrogen) atoms. The van der Waals surface area contributed by atoms with Crippen LogP contribution in [0.2, 0.25) is 0 Å². The third-order valence-corrected chi connectivity index (χ3v) is 5.81. The van der Waals surface area contributed by atoms with Gasteiger partial charge in [0.05, 0.1) is 6.54 Å². The molecule has 10 heteroatoms. The Hall–Kier alpha value is -3.27. The van der Waals surface area contributed by atoms with Gasteiger partial charge in [-0.1, -0.05) is 43.2 Å². The first-order valence-electron chi connectivity index (χ1n) is 12.7. The number of alkyl halides is 3. The molecule has 0 heterocycles. The van der Waals surface area contributed by atoms with Crippen LogP contribution in [-0.2, 0) is 16.0 Å². The zero-order valence-corrected chi connectivity index (χ0v) is 21.8. The van der Waals surface area contributed by atoms with Gasteiger partial charge in [-0.15, -0.1) is 0 Å². The van der Waals surface area contributed by atoms with E-state index in [0.29, 0.717) is 43.9 Å². The van der Waals surface area contributed by atoms with Gasteiger partial charge in [0, 0.05) is 26.0 Å². The van der Waals surface area contributed by atoms with Crippen molar-refractivity contribution in [3.8, 4) is 11.5 Å². The number of carboxylic acids is 1. The maximum absolute atomic E-state index is 12.9. The molecule has 2 rings (SSSR count). The number of rotatable bonds is 16. The van der Waals surface area contributed by atoms with E-state index in [2.05, 4.69) is 0 Å². The molecule has 0 aromatic heterocycles. The number of carboxylic acid groups (broad SMARTS) is 1. The Morgan fingerprint density at radius 2 is 1.66 bits per heavy atom. The molecule has 0 saturated heterocycles. The van der Waals surface area contributed by atoms with Crippen molar-refractivity contribution in [3.63, 3.8) is 0 Å². The van der Waals surface area contributed by atoms with Gasteiger partial charge in [0.15, 0.2) is 6.10 Å². The summed E-state index contributed by atoms with van der Waals surface area (Å²) >= 11 is 0. The minimum Gasteiger partial charge on any atom is -0.492 e. The van der Waals surface area contributed by atoms with Crippen LogP contribution in [0.25, 0.3) is 0 Å². The van der Waals surface area contributed by atoms with Gasteiger partial charge < -0.3 is 24.2 Å². The second-order valence-electron chi connectivity index (χ2n) is 8.88. The number of unbranched alkanes of at least 4 members (excludes halogenated alkanes) is 3. The highest BCUT2D eigenvalue weighted by molar-refractivity contribution is 5.72. The van der Waals surface area contributed by atoms with Gasteiger partial charge in [0.2, 0.25) is 0 Å². The third-order valence-electron chi connectivity index (χ3n) is 5.81. The summed E-state index contributed by atoms with van der Waals surface area (Å²) in [5.74, 6) is -0.0301. The van der Waals surface area contributed by atoms with Crippen molar-refractivity contribution in [3.05, 3.63) is 59.7 Å². The number of ether oxygens (including phenoxy) is 3. The van der Waals surface area contributed by atoms with E-state index in [9.17, 15) is 27.9 Å². The van der Waals surface area contributed by atoms with Crippen LogP contribution in [0.15, 0.2) is 48.5 Å². The van der Waals surface area contributed by atoms with Crippen LogP contribution in [0, 0.1) is 6.92 Å². The average Bonchev–Trinajstić information content (AvgIpc) is 2.86. The molecule has 0 bridgehead atoms. The molecule has 1 unspecified atom stereocenters. The Balaban J connectivity index is 1.90. The van der Waals surface area contributed by atoms with E-state index in [1.54, 1.807) is 43.3 Å². The van der Waals surface area contributed by atoms with Gasteiger partial charge in [-0.25, -0.2) is 9.59 Å². The lowest BCUT2D eigenvalue weighted by molar-refractivity contribution is -0.150. The molecule has 2 aromatic carbocycles. The van der Waals surface area contributed by atoms with Gasteiger partial charge in [-0.05, 0) is 56.0 Å². The fourth-order valence-corrected chi connectivity index (χ4v) is 3.73. The number of hydrogen-bond acceptors (Lipinski definition) is 5. The number of carbonyl (C=O) groups excluding carboxylic acids is 1. The number of nitrogens with zero attached hydrogens (tertiary/aromatic N) is 1. The average molecular weight is 540 g/mol. The van der Waals surface area contributed by atoms with E-state index < -0.39 is 30.8 Å². The van der Waals surface area contributed by atoms with Crippen molar-refractivity contribution in [2.45, 2.75) is 64.7 Å². The first kappa shape index (κ1) is 31.0. The number of halogens is 3. The number of para-hydroxylation sites is 1. The molecule has 1 amide bonds. The van der Waals surface area contributed by atoms with Crippen molar-refractivity contribution in [1.82, 2.24) is 4.90 Å². The van der Waals surface area contributed by atoms with Crippen molar-refractivity contribution in [2.75, 3.05) is 26.3 Å². The molecular formula is C28H36F3NO6. The molecule has 0 fully saturated rings. The normalized spacial score (nSPS) is 12.1. The number of amides is 1. The fraction of sp³-hybridized carbons (Fsp3) is 0.500. The van der Waals surface area contributed by atoms with Gasteiger partial charge in [0.1, 0.15) is 18.1 Å². The molecule has 0 aliphatic carbocycles. The third kappa shape index (κ3) is 11.9. The standard InChI is InChI=1S/C28H36F3NO6/c1-3-36-25(26(33)34)20-22-12-14-23(15-13-22)37-19-18-32(17-9-5-4-8-16-28(29,30)31)27(35)38-24-11-7-6-10-21(24)2/h6-7,10-15,25H,3-5,8-9,16-20H2,1-2H3,(H,33,34). The molecule has 0 radical (unpaired) electrons. The minimum atomic E-state index is -4.15. The highest BCUT2D eigenvalue weighted by Crippen LogP contribution is 2.23. The molecule has 210 valence electrons. The quantitative estimate of drug-likeness (QED) is 0.248. The van der Waals surface area contributed by atoms with Crippen LogP contribution < -0.4 is 9.47 Å². The molecule has 0 saturated carbocycles. The van der Waals surface area contributed by atoms with Crippen LogP contribution in [0.5, 0.6) is 11.5 Å². The van der Waals surface area contributed by atoms with Crippen LogP contribution in [0.1, 0.15) is 50.2 Å². The fourth-order valence-electron chi connectivity index (χ4n) is 3.73. The second-order valence-corrected chi connectivity index (χ2v) is 8.88. The molecule has 7 nitrogen and oxygen atoms in total. The Kier molecular flexibility index (Phi) is 12.9. The number of carbonyl (C=O) groups is 2. The number of aryl methyl sites for hydroxylation is 1. The van der Waals surface area contributed by atoms with E-state index in [4.69, 9.17) is 14.2 Å².